The summed E-state index contributed by atoms with van der Waals surface area (Å²) in [7, 11) is 0. The van der Waals surface area contributed by atoms with Crippen molar-refractivity contribution in [1.82, 2.24) is 9.55 Å². The maximum Gasteiger partial charge on any atom is 0.416 e. The van der Waals surface area contributed by atoms with Gasteiger partial charge in [-0.1, -0.05) is 12.1 Å². The summed E-state index contributed by atoms with van der Waals surface area (Å²) in [5.41, 5.74) is -0.228. The minimum atomic E-state index is -4.36. The lowest BCUT2D eigenvalue weighted by Gasteiger charge is -2.08. The molecule has 0 saturated carbocycles. The molecule has 1 aromatic heterocycles. The smallest absolute Gasteiger partial charge is 0.331 e. The van der Waals surface area contributed by atoms with Crippen molar-refractivity contribution in [2.75, 3.05) is 0 Å². The van der Waals surface area contributed by atoms with Gasteiger partial charge >= 0.3 is 6.18 Å². The zero-order chi connectivity index (χ0) is 13.2. The number of hydrogen-bond donors (Lipinski definition) is 0. The van der Waals surface area contributed by atoms with E-state index in [9.17, 15) is 18.1 Å². The van der Waals surface area contributed by atoms with Crippen LogP contribution in [0.15, 0.2) is 42.0 Å². The fourth-order valence-electron chi connectivity index (χ4n) is 1.54. The van der Waals surface area contributed by atoms with E-state index in [1.165, 1.54) is 23.2 Å². The lowest BCUT2D eigenvalue weighted by atomic mass is 10.1. The average molecular weight is 255 g/mol. The molecule has 18 heavy (non-hydrogen) atoms. The molecule has 0 N–H and O–H groups in total. The van der Waals surface area contributed by atoms with Crippen molar-refractivity contribution in [3.8, 4) is 0 Å². The Morgan fingerprint density at radius 1 is 1.33 bits per heavy atom. The Morgan fingerprint density at radius 2 is 2.11 bits per heavy atom. The molecule has 0 unspecified atom stereocenters. The van der Waals surface area contributed by atoms with Crippen LogP contribution in [0, 0.1) is 4.91 Å². The van der Waals surface area contributed by atoms with Crippen LogP contribution in [0.3, 0.4) is 0 Å². The molecule has 0 amide bonds. The standard InChI is InChI=1S/C11H8F3N3O/c12-11(13,14)9-3-1-2-8(4-9)5-17-6-10(16-18)15-7-17/h1-4,6-7H,5H2. The summed E-state index contributed by atoms with van der Waals surface area (Å²) >= 11 is 0. The Balaban J connectivity index is 2.21. The number of nitrogens with zero attached hydrogens (tertiary/aromatic N) is 3. The minimum Gasteiger partial charge on any atom is -0.331 e. The van der Waals surface area contributed by atoms with E-state index in [2.05, 4.69) is 10.2 Å². The van der Waals surface area contributed by atoms with Crippen molar-refractivity contribution >= 4 is 5.82 Å². The first-order chi connectivity index (χ1) is 8.49. The molecule has 2 aromatic rings. The van der Waals surface area contributed by atoms with Crippen LogP contribution in [0.2, 0.25) is 0 Å². The Bertz CT molecular complexity index is 563. The maximum atomic E-state index is 12.5. The zero-order valence-corrected chi connectivity index (χ0v) is 9.05. The van der Waals surface area contributed by atoms with Crippen LogP contribution >= 0.6 is 0 Å². The Hall–Kier alpha value is -2.18. The number of hydrogen-bond acceptors (Lipinski definition) is 3. The van der Waals surface area contributed by atoms with E-state index in [4.69, 9.17) is 0 Å². The summed E-state index contributed by atoms with van der Waals surface area (Å²) in [5, 5.41) is 2.63. The number of aromatic nitrogens is 2. The molecule has 0 spiro atoms. The first kappa shape index (κ1) is 12.3. The third-order valence-electron chi connectivity index (χ3n) is 2.33. The molecule has 4 nitrogen and oxygen atoms in total. The molecule has 0 aliphatic heterocycles. The Labute approximate surface area is 100 Å². The fraction of sp³-hybridized carbons (Fsp3) is 0.182. The third-order valence-corrected chi connectivity index (χ3v) is 2.33. The lowest BCUT2D eigenvalue weighted by Crippen LogP contribution is -2.06. The summed E-state index contributed by atoms with van der Waals surface area (Å²) < 4.78 is 39.0. The van der Waals surface area contributed by atoms with E-state index in [0.717, 1.165) is 12.1 Å². The van der Waals surface area contributed by atoms with Crippen LogP contribution in [-0.2, 0) is 12.7 Å². The molecule has 7 heteroatoms. The van der Waals surface area contributed by atoms with Crippen molar-refractivity contribution in [1.29, 1.82) is 0 Å². The fourth-order valence-corrected chi connectivity index (χ4v) is 1.54. The molecular formula is C11H8F3N3O. The van der Waals surface area contributed by atoms with E-state index in [-0.39, 0.29) is 12.4 Å². The number of benzene rings is 1. The number of halogens is 3. The monoisotopic (exact) mass is 255 g/mol. The van der Waals surface area contributed by atoms with Crippen LogP contribution < -0.4 is 0 Å². The predicted molar refractivity (Wildman–Crippen MR) is 58.2 cm³/mol. The largest absolute Gasteiger partial charge is 0.416 e. The topological polar surface area (TPSA) is 47.2 Å². The van der Waals surface area contributed by atoms with Crippen molar-refractivity contribution in [2.24, 2.45) is 5.18 Å². The molecule has 0 radical (unpaired) electrons. The second kappa shape index (κ2) is 4.59. The summed E-state index contributed by atoms with van der Waals surface area (Å²) in [6.07, 6.45) is -1.65. The van der Waals surface area contributed by atoms with Crippen LogP contribution in [0.1, 0.15) is 11.1 Å². The van der Waals surface area contributed by atoms with E-state index in [1.807, 2.05) is 0 Å². The molecule has 0 aliphatic carbocycles. The van der Waals surface area contributed by atoms with Gasteiger partial charge in [0.15, 0.2) is 0 Å². The summed E-state index contributed by atoms with van der Waals surface area (Å²) in [4.78, 5) is 13.8. The van der Waals surface area contributed by atoms with Gasteiger partial charge in [0.2, 0.25) is 5.82 Å². The Morgan fingerprint density at radius 3 is 2.72 bits per heavy atom. The van der Waals surface area contributed by atoms with Gasteiger partial charge in [-0.3, -0.25) is 0 Å². The van der Waals surface area contributed by atoms with Crippen LogP contribution in [0.25, 0.3) is 0 Å². The molecule has 1 heterocycles. The Kier molecular flexibility index (Phi) is 3.14. The highest BCUT2D eigenvalue weighted by molar-refractivity contribution is 5.27. The first-order valence-electron chi connectivity index (χ1n) is 5.00. The molecule has 0 atom stereocenters. The quantitative estimate of drug-likeness (QED) is 0.789. The molecule has 2 rings (SSSR count). The van der Waals surface area contributed by atoms with Gasteiger partial charge in [0.25, 0.3) is 0 Å². The molecule has 0 aliphatic rings. The second-order valence-electron chi connectivity index (χ2n) is 3.69. The number of rotatable bonds is 3. The van der Waals surface area contributed by atoms with E-state index >= 15 is 0 Å². The van der Waals surface area contributed by atoms with Gasteiger partial charge in [0.05, 0.1) is 18.1 Å². The van der Waals surface area contributed by atoms with E-state index in [0.29, 0.717) is 5.56 Å². The van der Waals surface area contributed by atoms with Gasteiger partial charge in [-0.25, -0.2) is 4.98 Å². The van der Waals surface area contributed by atoms with Crippen molar-refractivity contribution in [3.63, 3.8) is 0 Å². The van der Waals surface area contributed by atoms with Crippen LogP contribution in [-0.4, -0.2) is 9.55 Å². The first-order valence-corrected chi connectivity index (χ1v) is 5.00. The van der Waals surface area contributed by atoms with Gasteiger partial charge in [0.1, 0.15) is 0 Å². The zero-order valence-electron chi connectivity index (χ0n) is 9.05. The molecule has 0 fully saturated rings. The van der Waals surface area contributed by atoms with Crippen LogP contribution in [0.4, 0.5) is 19.0 Å². The molecular weight excluding hydrogens is 247 g/mol. The van der Waals surface area contributed by atoms with Gasteiger partial charge in [-0.15, -0.1) is 4.91 Å². The van der Waals surface area contributed by atoms with Crippen molar-refractivity contribution in [2.45, 2.75) is 12.7 Å². The van der Waals surface area contributed by atoms with Gasteiger partial charge < -0.3 is 4.57 Å². The minimum absolute atomic E-state index is 0.00183. The van der Waals surface area contributed by atoms with Gasteiger partial charge in [-0.2, -0.15) is 13.2 Å². The van der Waals surface area contributed by atoms with Gasteiger partial charge in [-0.05, 0) is 22.9 Å². The normalized spacial score (nSPS) is 11.5. The maximum absolute atomic E-state index is 12.5. The second-order valence-corrected chi connectivity index (χ2v) is 3.69. The molecule has 94 valence electrons. The van der Waals surface area contributed by atoms with Crippen LogP contribution in [0.5, 0.6) is 0 Å². The van der Waals surface area contributed by atoms with E-state index < -0.39 is 11.7 Å². The summed E-state index contributed by atoms with van der Waals surface area (Å²) in [6, 6.07) is 4.99. The molecule has 0 bridgehead atoms. The van der Waals surface area contributed by atoms with Crippen molar-refractivity contribution < 1.29 is 13.2 Å². The summed E-state index contributed by atoms with van der Waals surface area (Å²) in [6.45, 7) is 0.201. The summed E-state index contributed by atoms with van der Waals surface area (Å²) in [5.74, 6) is 0.00183. The lowest BCUT2D eigenvalue weighted by molar-refractivity contribution is -0.137. The molecule has 1 aromatic carbocycles. The highest BCUT2D eigenvalue weighted by Gasteiger charge is 2.30. The predicted octanol–water partition coefficient (Wildman–Crippen LogP) is 3.35. The van der Waals surface area contributed by atoms with Gasteiger partial charge in [0, 0.05) is 6.54 Å². The van der Waals surface area contributed by atoms with Crippen molar-refractivity contribution in [3.05, 3.63) is 52.8 Å². The molecule has 0 saturated heterocycles. The van der Waals surface area contributed by atoms with E-state index in [1.54, 1.807) is 6.07 Å². The number of imidazole rings is 1. The highest BCUT2D eigenvalue weighted by Crippen LogP contribution is 2.29. The number of alkyl halides is 3. The number of nitroso groups, excluding NO2 is 1. The average Bonchev–Trinajstić information content (AvgIpc) is 2.76. The SMILES string of the molecule is O=Nc1cn(Cc2cccc(C(F)(F)F)c2)cn1. The highest BCUT2D eigenvalue weighted by atomic mass is 19.4. The third kappa shape index (κ3) is 2.73.